The van der Waals surface area contributed by atoms with Gasteiger partial charge in [0, 0.05) is 37.2 Å². The Morgan fingerprint density at radius 2 is 1.63 bits per heavy atom. The average molecular weight is 551 g/mol. The molecule has 2 fully saturated rings. The molecule has 2 aromatic rings. The molecule has 0 aliphatic carbocycles. The van der Waals surface area contributed by atoms with Crippen molar-refractivity contribution in [2.24, 2.45) is 0 Å². The Morgan fingerprint density at radius 3 is 2.22 bits per heavy atom. The van der Waals surface area contributed by atoms with E-state index in [1.165, 1.54) is 5.56 Å². The van der Waals surface area contributed by atoms with E-state index in [2.05, 4.69) is 71.2 Å². The van der Waals surface area contributed by atoms with E-state index in [9.17, 15) is 19.5 Å². The third-order valence-corrected chi connectivity index (χ3v) is 9.11. The standard InChI is InChI=1S/C26H38B6N4O5/c1-35(23(40)10-9-20(38)33-22(23)39)26(31,32)21-16(15-37)3-2-4-19(21)34-24(27,28)17-5-7-18(8-6-17)25(29,30)36-11-13-41-14-12-36/h2-8,15,34,40H,9-14,27-32H2,1H3,(H,33,38,39). The number of morpholine rings is 1. The Labute approximate surface area is 248 Å². The molecule has 15 heteroatoms. The van der Waals surface area contributed by atoms with Gasteiger partial charge >= 0.3 is 0 Å². The minimum absolute atomic E-state index is 0.0223. The van der Waals surface area contributed by atoms with E-state index in [0.717, 1.165) is 38.2 Å². The molecule has 0 radical (unpaired) electrons. The number of nitrogens with one attached hydrogen (secondary N) is 2. The van der Waals surface area contributed by atoms with Gasteiger partial charge in [-0.25, -0.2) is 0 Å². The highest BCUT2D eigenvalue weighted by molar-refractivity contribution is 6.42. The largest absolute Gasteiger partial charge is 0.391 e. The minimum Gasteiger partial charge on any atom is -0.391 e. The zero-order chi connectivity index (χ0) is 30.2. The molecule has 1 unspecified atom stereocenters. The van der Waals surface area contributed by atoms with Gasteiger partial charge in [-0.05, 0) is 45.8 Å². The number of imide groups is 1. The maximum Gasteiger partial charge on any atom is 0.274 e. The van der Waals surface area contributed by atoms with E-state index in [-0.39, 0.29) is 18.2 Å². The molecule has 2 aliphatic rings. The van der Waals surface area contributed by atoms with Gasteiger partial charge in [0.2, 0.25) is 5.91 Å². The second kappa shape index (κ2) is 11.5. The van der Waals surface area contributed by atoms with Crippen molar-refractivity contribution in [3.05, 3.63) is 64.7 Å². The van der Waals surface area contributed by atoms with E-state index < -0.39 is 28.2 Å². The molecule has 2 amide bonds. The van der Waals surface area contributed by atoms with E-state index in [1.54, 1.807) is 18.0 Å². The van der Waals surface area contributed by atoms with Crippen LogP contribution in [0.15, 0.2) is 42.5 Å². The molecule has 1 atom stereocenters. The molecule has 0 saturated carbocycles. The van der Waals surface area contributed by atoms with E-state index in [4.69, 9.17) is 4.74 Å². The van der Waals surface area contributed by atoms with Crippen LogP contribution in [-0.4, -0.2) is 119 Å². The Kier molecular flexibility index (Phi) is 8.77. The summed E-state index contributed by atoms with van der Waals surface area (Å²) in [5, 5.41) is 15.7. The van der Waals surface area contributed by atoms with Crippen LogP contribution in [0.2, 0.25) is 0 Å². The van der Waals surface area contributed by atoms with Gasteiger partial charge in [-0.2, -0.15) is 0 Å². The van der Waals surface area contributed by atoms with E-state index in [1.807, 2.05) is 27.8 Å². The van der Waals surface area contributed by atoms with Crippen LogP contribution in [0.1, 0.15) is 39.9 Å². The maximum atomic E-state index is 12.8. The summed E-state index contributed by atoms with van der Waals surface area (Å²) in [7, 11) is 14.0. The number of carbonyl (C=O) groups is 3. The SMILES string of the molecule is BC(B)(Nc1cccc(C=O)c1C(B)(B)N(C)C1(O)CCC(=O)NC1=O)c1ccc(C(B)(B)N2CCOCC2)cc1. The van der Waals surface area contributed by atoms with Gasteiger partial charge in [0.15, 0.2) is 5.72 Å². The van der Waals surface area contributed by atoms with E-state index >= 15 is 0 Å². The number of piperidine rings is 1. The Morgan fingerprint density at radius 1 is 1.02 bits per heavy atom. The summed E-state index contributed by atoms with van der Waals surface area (Å²) in [6.07, 6.45) is 0.775. The molecule has 0 spiro atoms. The lowest BCUT2D eigenvalue weighted by molar-refractivity contribution is -0.174. The highest BCUT2D eigenvalue weighted by Crippen LogP contribution is 2.38. The van der Waals surface area contributed by atoms with Crippen LogP contribution in [0.5, 0.6) is 0 Å². The molecular weight excluding hydrogens is 513 g/mol. The first-order chi connectivity index (χ1) is 19.1. The summed E-state index contributed by atoms with van der Waals surface area (Å²) in [4.78, 5) is 40.8. The summed E-state index contributed by atoms with van der Waals surface area (Å²) < 4.78 is 5.54. The van der Waals surface area contributed by atoms with Gasteiger partial charge in [0.1, 0.15) is 53.4 Å². The second-order valence-electron chi connectivity index (χ2n) is 12.7. The number of amides is 2. The zero-order valence-electron chi connectivity index (χ0n) is 25.3. The summed E-state index contributed by atoms with van der Waals surface area (Å²) in [6, 6.07) is 14.1. The maximum absolute atomic E-state index is 12.8. The van der Waals surface area contributed by atoms with Crippen LogP contribution in [0.25, 0.3) is 0 Å². The highest BCUT2D eigenvalue weighted by atomic mass is 16.5. The van der Waals surface area contributed by atoms with Crippen LogP contribution >= 0.6 is 0 Å². The molecule has 210 valence electrons. The van der Waals surface area contributed by atoms with Crippen molar-refractivity contribution in [3.63, 3.8) is 0 Å². The molecule has 4 rings (SSSR count). The molecule has 41 heavy (non-hydrogen) atoms. The lowest BCUT2D eigenvalue weighted by Gasteiger charge is -2.48. The van der Waals surface area contributed by atoms with Crippen molar-refractivity contribution in [1.82, 2.24) is 15.1 Å². The van der Waals surface area contributed by atoms with Gasteiger partial charge in [-0.1, -0.05) is 36.4 Å². The minimum atomic E-state index is -1.91. The number of ether oxygens (including phenoxy) is 1. The molecule has 0 bridgehead atoms. The summed E-state index contributed by atoms with van der Waals surface area (Å²) in [6.45, 7) is 3.28. The molecular formula is C26H38B6N4O5. The monoisotopic (exact) mass is 552 g/mol. The predicted octanol–water partition coefficient (Wildman–Crippen LogP) is -4.87. The second-order valence-corrected chi connectivity index (χ2v) is 12.7. The van der Waals surface area contributed by atoms with Gasteiger partial charge in [0.25, 0.3) is 5.91 Å². The van der Waals surface area contributed by atoms with Crippen LogP contribution in [0.4, 0.5) is 5.69 Å². The molecule has 3 N–H and O–H groups in total. The number of likely N-dealkylation sites (N-methyl/N-ethyl adjacent to an activating group) is 1. The lowest BCUT2D eigenvalue weighted by atomic mass is 9.53. The number of aliphatic hydroxyl groups is 1. The molecule has 2 aliphatic heterocycles. The van der Waals surface area contributed by atoms with Crippen LogP contribution in [-0.2, 0) is 30.3 Å². The average Bonchev–Trinajstić information content (AvgIpc) is 2.95. The number of benzene rings is 2. The van der Waals surface area contributed by atoms with Crippen LogP contribution in [0, 0.1) is 0 Å². The number of aldehydes is 1. The van der Waals surface area contributed by atoms with Crippen LogP contribution in [0.3, 0.4) is 0 Å². The van der Waals surface area contributed by atoms with Crippen molar-refractivity contribution < 1.29 is 24.2 Å². The number of hydrogen-bond donors (Lipinski definition) is 3. The normalized spacial score (nSPS) is 21.0. The van der Waals surface area contributed by atoms with Crippen molar-refractivity contribution in [2.45, 2.75) is 34.6 Å². The predicted molar refractivity (Wildman–Crippen MR) is 176 cm³/mol. The van der Waals surface area contributed by atoms with Crippen molar-refractivity contribution in [1.29, 1.82) is 0 Å². The smallest absolute Gasteiger partial charge is 0.274 e. The van der Waals surface area contributed by atoms with Crippen LogP contribution < -0.4 is 10.6 Å². The van der Waals surface area contributed by atoms with Gasteiger partial charge in [-0.3, -0.25) is 24.6 Å². The fourth-order valence-electron chi connectivity index (χ4n) is 6.10. The third-order valence-electron chi connectivity index (χ3n) is 9.11. The van der Waals surface area contributed by atoms with E-state index in [0.29, 0.717) is 16.8 Å². The quantitative estimate of drug-likeness (QED) is 0.123. The Bertz CT molecular complexity index is 1320. The van der Waals surface area contributed by atoms with Gasteiger partial charge < -0.3 is 20.1 Å². The number of anilines is 1. The number of rotatable bonds is 9. The summed E-state index contributed by atoms with van der Waals surface area (Å²) >= 11 is 0. The molecule has 2 aromatic carbocycles. The number of carbonyl (C=O) groups excluding carboxylic acids is 3. The summed E-state index contributed by atoms with van der Waals surface area (Å²) in [5.41, 5.74) is 2.18. The first-order valence-corrected chi connectivity index (χ1v) is 14.3. The Balaban J connectivity index is 1.65. The van der Waals surface area contributed by atoms with Gasteiger partial charge in [0.05, 0.1) is 13.2 Å². The lowest BCUT2D eigenvalue weighted by Crippen LogP contribution is -2.67. The van der Waals surface area contributed by atoms with Crippen molar-refractivity contribution >= 4 is 70.9 Å². The molecule has 2 saturated heterocycles. The fraction of sp³-hybridized carbons (Fsp3) is 0.423. The molecule has 2 heterocycles. The zero-order valence-corrected chi connectivity index (χ0v) is 25.3. The first-order valence-electron chi connectivity index (χ1n) is 14.3. The first kappa shape index (κ1) is 31.2. The van der Waals surface area contributed by atoms with Crippen molar-refractivity contribution in [3.8, 4) is 0 Å². The molecule has 0 aromatic heterocycles. The number of hydrogen-bond acceptors (Lipinski definition) is 8. The topological polar surface area (TPSA) is 111 Å². The third kappa shape index (κ3) is 5.95. The highest BCUT2D eigenvalue weighted by Gasteiger charge is 2.50. The Hall–Kier alpha value is -2.72. The van der Waals surface area contributed by atoms with Crippen molar-refractivity contribution in [2.75, 3.05) is 38.7 Å². The number of nitrogens with zero attached hydrogens (tertiary/aromatic N) is 2. The van der Waals surface area contributed by atoms with Gasteiger partial charge in [-0.15, -0.1) is 0 Å². The fourth-order valence-corrected chi connectivity index (χ4v) is 6.10. The summed E-state index contributed by atoms with van der Waals surface area (Å²) in [5.74, 6) is -1.18. The molecule has 9 nitrogen and oxygen atoms in total.